The molecule has 0 aliphatic carbocycles. The fourth-order valence-electron chi connectivity index (χ4n) is 10.5. The summed E-state index contributed by atoms with van der Waals surface area (Å²) in [5.74, 6) is 1.96. The van der Waals surface area contributed by atoms with Crippen molar-refractivity contribution in [3.05, 3.63) is 281 Å². The Kier molecular flexibility index (Phi) is 37.8. The van der Waals surface area contributed by atoms with E-state index in [0.29, 0.717) is 110 Å². The summed E-state index contributed by atoms with van der Waals surface area (Å²) in [6, 6.07) is 48.9. The van der Waals surface area contributed by atoms with Crippen molar-refractivity contribution in [3.8, 4) is 65.3 Å². The summed E-state index contributed by atoms with van der Waals surface area (Å²) in [6.45, 7) is 8.58. The third-order valence-electron chi connectivity index (χ3n) is 16.9. The van der Waals surface area contributed by atoms with Gasteiger partial charge < -0.3 is 30.2 Å². The number of para-hydroxylation sites is 2. The number of benzene rings is 8. The van der Waals surface area contributed by atoms with Crippen molar-refractivity contribution < 1.29 is 120 Å². The lowest BCUT2D eigenvalue weighted by Gasteiger charge is -2.08. The fraction of sp³-hybridized carbons (Fsp3) is 0.238. The number of phenols is 1. The number of sulfonamides is 1. The van der Waals surface area contributed by atoms with Crippen molar-refractivity contribution >= 4 is 108 Å². The average Bonchev–Trinajstić information content (AvgIpc) is 1.85. The van der Waals surface area contributed by atoms with E-state index in [1.54, 1.807) is 24.3 Å². The van der Waals surface area contributed by atoms with Crippen molar-refractivity contribution in [2.75, 3.05) is 36.9 Å². The summed E-state index contributed by atoms with van der Waals surface area (Å²) < 4.78 is 291. The van der Waals surface area contributed by atoms with Gasteiger partial charge in [-0.1, -0.05) is 122 Å². The molecule has 46 heteroatoms. The topological polar surface area (TPSA) is 278 Å². The molecule has 696 valence electrons. The van der Waals surface area contributed by atoms with Gasteiger partial charge in [0.1, 0.15) is 43.0 Å². The first-order valence-corrected chi connectivity index (χ1v) is 45.3. The number of thiazole rings is 4. The van der Waals surface area contributed by atoms with Crippen molar-refractivity contribution in [1.82, 2.24) is 40.3 Å². The number of aromatic hydroxyl groups is 1. The van der Waals surface area contributed by atoms with Gasteiger partial charge in [0.05, 0.1) is 74.6 Å². The number of rotatable bonds is 22. The molecule has 14 aromatic rings. The Hall–Kier alpha value is -10.9. The number of aliphatic hydroxyl groups is 1. The van der Waals surface area contributed by atoms with Crippen LogP contribution in [0.1, 0.15) is 89.4 Å². The van der Waals surface area contributed by atoms with Crippen molar-refractivity contribution in [1.29, 1.82) is 0 Å². The first-order valence-electron chi connectivity index (χ1n) is 36.6. The number of halogens is 19. The van der Waals surface area contributed by atoms with Crippen molar-refractivity contribution in [3.63, 3.8) is 0 Å². The molecule has 14 rings (SSSR count). The molecule has 130 heavy (non-hydrogen) atoms. The van der Waals surface area contributed by atoms with Crippen molar-refractivity contribution in [2.24, 2.45) is 0 Å². The van der Waals surface area contributed by atoms with E-state index < -0.39 is 93.5 Å². The van der Waals surface area contributed by atoms with Crippen LogP contribution in [0.2, 0.25) is 0 Å². The molecule has 0 aliphatic rings. The Morgan fingerprint density at radius 2 is 0.646 bits per heavy atom. The number of phenolic OH excluding ortho intramolecular Hbond substituents is 1. The van der Waals surface area contributed by atoms with Crippen LogP contribution in [0.4, 0.5) is 89.3 Å². The minimum absolute atomic E-state index is 0. The fourth-order valence-corrected chi connectivity index (χ4v) is 17.5. The summed E-state index contributed by atoms with van der Waals surface area (Å²) >= 11 is 6.03. The first kappa shape index (κ1) is 106. The lowest BCUT2D eigenvalue weighted by Crippen LogP contribution is -2.12. The van der Waals surface area contributed by atoms with E-state index in [1.165, 1.54) is 142 Å². The molecule has 0 spiro atoms. The minimum Gasteiger partial charge on any atom is -0.508 e. The van der Waals surface area contributed by atoms with Crippen LogP contribution in [-0.4, -0.2) is 93.8 Å². The predicted molar refractivity (Wildman–Crippen MR) is 467 cm³/mol. The number of aromatic nitrogens is 8. The van der Waals surface area contributed by atoms with E-state index in [1.807, 2.05) is 68.8 Å². The molecule has 0 unspecified atom stereocenters. The molecule has 0 aliphatic heterocycles. The Morgan fingerprint density at radius 3 is 0.900 bits per heavy atom. The van der Waals surface area contributed by atoms with Gasteiger partial charge in [0.15, 0.2) is 0 Å². The number of ether oxygens (including phenoxy) is 3. The van der Waals surface area contributed by atoms with Gasteiger partial charge in [-0.3, -0.25) is 4.72 Å². The Morgan fingerprint density at radius 1 is 0.362 bits per heavy atom. The Labute approximate surface area is 761 Å². The molecule has 0 saturated carbocycles. The third kappa shape index (κ3) is 32.3. The monoisotopic (exact) mass is 2000 g/mol. The third-order valence-corrected chi connectivity index (χ3v) is 25.7. The highest BCUT2D eigenvalue weighted by molar-refractivity contribution is 8.13. The maximum atomic E-state index is 12.8. The van der Waals surface area contributed by atoms with Crippen molar-refractivity contribution in [2.45, 2.75) is 115 Å². The SMILES string of the molecule is C.C.Cc1sc(-c2ccc(C(F)(F)F)cc2)nc1CCO.Cc1sc(-c2ccc(C(F)(F)F)cc2)nc1CCOc1ccc(S(=O)(=O)Cl)cc1.Cc1sc(-c2ccc(C(F)(F)F)cc2)nc1CCOc1ccc(S(=O)(=O)Nc2nnc(C(F)(F)F)s2)cc1.Cc1sc(-c2ccc(C(F)(F)F)cc2)nc1CCOc1ccccc1.Nc1nnc(C(F)(F)F)s1.Oc1ccccc1. The number of aliphatic hydroxyl groups excluding tert-OH is 1. The van der Waals surface area contributed by atoms with Crippen LogP contribution >= 0.6 is 78.7 Å². The van der Waals surface area contributed by atoms with E-state index in [-0.39, 0.29) is 54.3 Å². The molecule has 0 amide bonds. The number of hydrogen-bond acceptors (Lipinski definition) is 24. The highest BCUT2D eigenvalue weighted by Crippen LogP contribution is 2.41. The standard InChI is InChI=1S/C22H16F6N4O3S3.C19H15ClF3NO3S2.C19H16F3NOS.C13H12F3NOS.C6H6O.C3H2F3N3S.2CH4/c1-12-17(29-18(36-12)13-2-4-14(5-3-13)21(23,24)25)10-11-35-15-6-8-16(9-7-15)38(33,34)32-20-31-30-19(37-20)22(26,27)28;1-12-17(10-11-27-15-6-8-16(9-7-15)29(20,25)26)24-18(28-12)13-2-4-14(5-3-13)19(21,22)23;1-13-17(11-12-24-16-5-3-2-4-6-16)23-18(25-13)14-7-9-15(10-8-14)19(20,21)22;1-8-11(6-7-18)17-12(19-8)9-2-4-10(5-3-9)13(14,15)16;7-6-4-2-1-3-5-6;4-3(5,6)1-8-9-2(7)10-1;;/h2-9H,10-11H2,1H3,(H,31,32);2-9H,10-11H2,1H3;2-10H,11-12H2,1H3;2-5,18H,6-7H2,1H3;1-5,7H;(H2,7,9);2*1H4. The zero-order chi connectivity index (χ0) is 93.7. The molecule has 6 heterocycles. The maximum absolute atomic E-state index is 12.8. The van der Waals surface area contributed by atoms with Gasteiger partial charge in [-0.2, -0.15) is 79.0 Å². The summed E-state index contributed by atoms with van der Waals surface area (Å²) in [5.41, 5.74) is 7.91. The van der Waals surface area contributed by atoms with Crippen LogP contribution in [0.5, 0.6) is 23.0 Å². The largest absolute Gasteiger partial charge is 0.508 e. The summed E-state index contributed by atoms with van der Waals surface area (Å²) in [6.07, 6.45) is -24.6. The zero-order valence-corrected chi connectivity index (χ0v) is 73.4. The van der Waals surface area contributed by atoms with Crippen LogP contribution in [0.3, 0.4) is 0 Å². The van der Waals surface area contributed by atoms with E-state index in [0.717, 1.165) is 95.9 Å². The first-order chi connectivity index (χ1) is 60.0. The van der Waals surface area contributed by atoms with Crippen LogP contribution < -0.4 is 24.7 Å². The molecular formula is C84H75ClF18N10O9S8. The van der Waals surface area contributed by atoms with Gasteiger partial charge in [0.2, 0.25) is 20.3 Å². The van der Waals surface area contributed by atoms with E-state index in [2.05, 4.69) is 40.3 Å². The number of hydrogen-bond donors (Lipinski definition) is 4. The summed E-state index contributed by atoms with van der Waals surface area (Å²) in [5, 5.41) is 29.1. The summed E-state index contributed by atoms with van der Waals surface area (Å²) in [4.78, 5) is 21.5. The molecule has 8 aromatic carbocycles. The molecule has 5 N–H and O–H groups in total. The highest BCUT2D eigenvalue weighted by atomic mass is 35.7. The number of nitrogens with two attached hydrogens (primary N) is 1. The van der Waals surface area contributed by atoms with Crippen LogP contribution in [0, 0.1) is 27.7 Å². The number of nitrogens with zero attached hydrogens (tertiary/aromatic N) is 8. The van der Waals surface area contributed by atoms with Gasteiger partial charge in [0, 0.05) is 84.7 Å². The second kappa shape index (κ2) is 46.3. The average molecular weight is 2000 g/mol. The summed E-state index contributed by atoms with van der Waals surface area (Å²) in [7, 11) is -2.71. The second-order valence-electron chi connectivity index (χ2n) is 26.1. The molecule has 19 nitrogen and oxygen atoms in total. The quantitative estimate of drug-likeness (QED) is 0.0362. The Bertz CT molecular complexity index is 6130. The van der Waals surface area contributed by atoms with E-state index >= 15 is 0 Å². The molecule has 0 bridgehead atoms. The number of nitrogens with one attached hydrogen (secondary N) is 1. The zero-order valence-electron chi connectivity index (χ0n) is 66.1. The molecule has 6 aromatic heterocycles. The van der Waals surface area contributed by atoms with Crippen LogP contribution in [0.15, 0.2) is 216 Å². The number of alkyl halides is 18. The molecule has 0 saturated heterocycles. The number of anilines is 2. The highest BCUT2D eigenvalue weighted by Gasteiger charge is 2.38. The normalized spacial score (nSPS) is 11.7. The minimum atomic E-state index is -4.73. The molecule has 0 radical (unpaired) electrons. The maximum Gasteiger partial charge on any atom is 0.445 e. The predicted octanol–water partition coefficient (Wildman–Crippen LogP) is 25.4. The lowest BCUT2D eigenvalue weighted by molar-refractivity contribution is -0.138. The van der Waals surface area contributed by atoms with Crippen LogP contribution in [-0.2, 0) is 81.8 Å². The number of aryl methyl sites for hydroxylation is 4. The molecular weight excluding hydrogens is 1930 g/mol. The van der Waals surface area contributed by atoms with E-state index in [4.69, 9.17) is 40.8 Å². The van der Waals surface area contributed by atoms with Gasteiger partial charge >= 0.3 is 37.1 Å². The van der Waals surface area contributed by atoms with Gasteiger partial charge in [-0.25, -0.2) is 36.8 Å². The van der Waals surface area contributed by atoms with Gasteiger partial charge in [-0.05, 0) is 149 Å². The van der Waals surface area contributed by atoms with Crippen LogP contribution in [0.25, 0.3) is 42.3 Å². The smallest absolute Gasteiger partial charge is 0.445 e. The lowest BCUT2D eigenvalue weighted by atomic mass is 10.1. The van der Waals surface area contributed by atoms with Gasteiger partial charge in [-0.15, -0.1) is 65.7 Å². The number of nitrogen functional groups attached to an aromatic ring is 1. The molecule has 0 atom stereocenters. The van der Waals surface area contributed by atoms with Gasteiger partial charge in [0.25, 0.3) is 19.1 Å². The second-order valence-corrected chi connectivity index (χ2v) is 37.2. The Balaban J connectivity index is 0.000000226. The molecule has 0 fully saturated rings. The van der Waals surface area contributed by atoms with E-state index in [9.17, 15) is 95.9 Å².